The number of rotatable bonds is 3. The van der Waals surface area contributed by atoms with Crippen molar-refractivity contribution >= 4 is 11.7 Å². The molecule has 0 aromatic heterocycles. The molecule has 0 radical (unpaired) electrons. The van der Waals surface area contributed by atoms with E-state index in [1.54, 1.807) is 24.3 Å². The lowest BCUT2D eigenvalue weighted by Gasteiger charge is -2.08. The highest BCUT2D eigenvalue weighted by Crippen LogP contribution is 2.18. The average Bonchev–Trinajstić information content (AvgIpc) is 2.17. The van der Waals surface area contributed by atoms with Gasteiger partial charge in [0.25, 0.3) is 0 Å². The maximum absolute atomic E-state index is 10.4. The van der Waals surface area contributed by atoms with E-state index in [1.165, 1.54) is 0 Å². The number of nitrogens with two attached hydrogens (primary N) is 1. The van der Waals surface area contributed by atoms with Crippen LogP contribution in [-0.4, -0.2) is 11.1 Å². The second kappa shape index (κ2) is 4.40. The summed E-state index contributed by atoms with van der Waals surface area (Å²) < 4.78 is 0. The minimum atomic E-state index is -0.924. The summed E-state index contributed by atoms with van der Waals surface area (Å²) in [6, 6.07) is 6.11. The first-order valence-corrected chi connectivity index (χ1v) is 4.08. The Labute approximate surface area is 81.8 Å². The highest BCUT2D eigenvalue weighted by molar-refractivity contribution is 5.68. The fourth-order valence-electron chi connectivity index (χ4n) is 1.10. The summed E-state index contributed by atoms with van der Waals surface area (Å²) in [4.78, 5) is 13.6. The smallest absolute Gasteiger partial charge is 0.305 e. The Hall–Kier alpha value is -1.86. The molecule has 0 spiro atoms. The summed E-state index contributed by atoms with van der Waals surface area (Å²) in [5.74, 6) is -0.924. The van der Waals surface area contributed by atoms with E-state index in [2.05, 4.69) is 4.85 Å². The minimum Gasteiger partial charge on any atom is -0.481 e. The predicted octanol–water partition coefficient (Wildman–Crippen LogP) is 1.71. The van der Waals surface area contributed by atoms with Gasteiger partial charge in [0.15, 0.2) is 5.69 Å². The Kier molecular flexibility index (Phi) is 3.21. The Bertz CT molecular complexity index is 365. The van der Waals surface area contributed by atoms with Gasteiger partial charge in [-0.25, -0.2) is 4.85 Å². The molecular formula is C10H10N2O2. The van der Waals surface area contributed by atoms with Gasteiger partial charge in [-0.05, 0) is 5.56 Å². The van der Waals surface area contributed by atoms with E-state index in [0.717, 1.165) is 5.56 Å². The van der Waals surface area contributed by atoms with Crippen LogP contribution < -0.4 is 5.73 Å². The van der Waals surface area contributed by atoms with Gasteiger partial charge in [-0.1, -0.05) is 24.3 Å². The minimum absolute atomic E-state index is 0.0998. The third-order valence-electron chi connectivity index (χ3n) is 1.84. The molecule has 1 aromatic rings. The van der Waals surface area contributed by atoms with Crippen molar-refractivity contribution in [1.29, 1.82) is 0 Å². The van der Waals surface area contributed by atoms with Gasteiger partial charge in [0, 0.05) is 6.04 Å². The molecule has 1 aromatic carbocycles. The maximum atomic E-state index is 10.4. The Balaban J connectivity index is 2.77. The normalized spacial score (nSPS) is 11.7. The van der Waals surface area contributed by atoms with Crippen molar-refractivity contribution < 1.29 is 9.90 Å². The second-order valence-corrected chi connectivity index (χ2v) is 2.91. The van der Waals surface area contributed by atoms with E-state index in [9.17, 15) is 4.79 Å². The number of carboxylic acids is 1. The first-order chi connectivity index (χ1) is 6.63. The Morgan fingerprint density at radius 1 is 1.50 bits per heavy atom. The molecule has 0 unspecified atom stereocenters. The largest absolute Gasteiger partial charge is 0.481 e. The van der Waals surface area contributed by atoms with E-state index in [1.807, 2.05) is 0 Å². The second-order valence-electron chi connectivity index (χ2n) is 2.91. The lowest BCUT2D eigenvalue weighted by Crippen LogP contribution is -2.14. The number of benzene rings is 1. The molecule has 0 heterocycles. The van der Waals surface area contributed by atoms with E-state index in [-0.39, 0.29) is 6.42 Å². The van der Waals surface area contributed by atoms with Crippen LogP contribution in [0.1, 0.15) is 18.0 Å². The molecule has 1 rings (SSSR count). The first-order valence-electron chi connectivity index (χ1n) is 4.08. The summed E-state index contributed by atoms with van der Waals surface area (Å²) in [6.45, 7) is 6.73. The number of carbonyl (C=O) groups is 1. The van der Waals surface area contributed by atoms with Crippen LogP contribution in [-0.2, 0) is 4.79 Å². The molecule has 0 aliphatic rings. The number of hydrogen-bond acceptors (Lipinski definition) is 2. The molecule has 0 amide bonds. The van der Waals surface area contributed by atoms with Crippen LogP contribution in [0.5, 0.6) is 0 Å². The maximum Gasteiger partial charge on any atom is 0.305 e. The highest BCUT2D eigenvalue weighted by atomic mass is 16.4. The fourth-order valence-corrected chi connectivity index (χ4v) is 1.10. The van der Waals surface area contributed by atoms with Gasteiger partial charge in [0.2, 0.25) is 0 Å². The summed E-state index contributed by atoms with van der Waals surface area (Å²) in [6.07, 6.45) is -0.0998. The standard InChI is InChI=1S/C10H10N2O2/c1-12-8-4-2-7(3-5-8)9(11)6-10(13)14/h2-5,9H,6,11H2,(H,13,14)/t9-/m0/s1. The van der Waals surface area contributed by atoms with E-state index in [4.69, 9.17) is 17.4 Å². The van der Waals surface area contributed by atoms with Gasteiger partial charge in [-0.3, -0.25) is 4.79 Å². The molecule has 0 aliphatic heterocycles. The van der Waals surface area contributed by atoms with Crippen LogP contribution in [0.15, 0.2) is 24.3 Å². The van der Waals surface area contributed by atoms with Gasteiger partial charge in [-0.2, -0.15) is 0 Å². The molecule has 0 saturated heterocycles. The molecule has 4 nitrogen and oxygen atoms in total. The zero-order valence-corrected chi connectivity index (χ0v) is 7.47. The monoisotopic (exact) mass is 190 g/mol. The Morgan fingerprint density at radius 2 is 2.07 bits per heavy atom. The molecular weight excluding hydrogens is 180 g/mol. The number of nitrogens with zero attached hydrogens (tertiary/aromatic N) is 1. The third-order valence-corrected chi connectivity index (χ3v) is 1.84. The fraction of sp³-hybridized carbons (Fsp3) is 0.200. The number of carboxylic acid groups (broad SMARTS) is 1. The quantitative estimate of drug-likeness (QED) is 0.713. The van der Waals surface area contributed by atoms with Gasteiger partial charge >= 0.3 is 5.97 Å². The number of aliphatic carboxylic acids is 1. The highest BCUT2D eigenvalue weighted by Gasteiger charge is 2.09. The van der Waals surface area contributed by atoms with Crippen molar-refractivity contribution in [2.24, 2.45) is 5.73 Å². The van der Waals surface area contributed by atoms with Crippen molar-refractivity contribution in [1.82, 2.24) is 0 Å². The molecule has 72 valence electrons. The lowest BCUT2D eigenvalue weighted by atomic mass is 10.0. The SMILES string of the molecule is [C-]#[N+]c1ccc([C@@H](N)CC(=O)O)cc1. The predicted molar refractivity (Wildman–Crippen MR) is 51.9 cm³/mol. The van der Waals surface area contributed by atoms with Crippen LogP contribution in [0.3, 0.4) is 0 Å². The molecule has 0 aliphatic carbocycles. The van der Waals surface area contributed by atoms with Gasteiger partial charge in [0.05, 0.1) is 13.0 Å². The van der Waals surface area contributed by atoms with Crippen LogP contribution >= 0.6 is 0 Å². The van der Waals surface area contributed by atoms with Crippen molar-refractivity contribution in [3.8, 4) is 0 Å². The lowest BCUT2D eigenvalue weighted by molar-refractivity contribution is -0.137. The van der Waals surface area contributed by atoms with Gasteiger partial charge in [0.1, 0.15) is 0 Å². The van der Waals surface area contributed by atoms with E-state index >= 15 is 0 Å². The van der Waals surface area contributed by atoms with E-state index in [0.29, 0.717) is 5.69 Å². The van der Waals surface area contributed by atoms with Crippen LogP contribution in [0.4, 0.5) is 5.69 Å². The zero-order chi connectivity index (χ0) is 10.6. The molecule has 0 bridgehead atoms. The molecule has 1 atom stereocenters. The first kappa shape index (κ1) is 10.2. The molecule has 0 fully saturated rings. The average molecular weight is 190 g/mol. The van der Waals surface area contributed by atoms with Crippen LogP contribution in [0, 0.1) is 6.57 Å². The van der Waals surface area contributed by atoms with Gasteiger partial charge in [-0.15, -0.1) is 0 Å². The van der Waals surface area contributed by atoms with Crippen LogP contribution in [0.2, 0.25) is 0 Å². The summed E-state index contributed by atoms with van der Waals surface area (Å²) in [7, 11) is 0. The molecule has 3 N–H and O–H groups in total. The molecule has 14 heavy (non-hydrogen) atoms. The summed E-state index contributed by atoms with van der Waals surface area (Å²) in [5, 5.41) is 8.52. The summed E-state index contributed by atoms with van der Waals surface area (Å²) in [5.41, 5.74) is 6.89. The van der Waals surface area contributed by atoms with Gasteiger partial charge < -0.3 is 10.8 Å². The Morgan fingerprint density at radius 3 is 2.50 bits per heavy atom. The van der Waals surface area contributed by atoms with Crippen molar-refractivity contribution in [3.63, 3.8) is 0 Å². The van der Waals surface area contributed by atoms with Crippen molar-refractivity contribution in [3.05, 3.63) is 41.2 Å². The summed E-state index contributed by atoms with van der Waals surface area (Å²) >= 11 is 0. The molecule has 0 saturated carbocycles. The molecule has 4 heteroatoms. The number of hydrogen-bond donors (Lipinski definition) is 2. The van der Waals surface area contributed by atoms with Crippen molar-refractivity contribution in [2.45, 2.75) is 12.5 Å². The van der Waals surface area contributed by atoms with Crippen LogP contribution in [0.25, 0.3) is 4.85 Å². The zero-order valence-electron chi connectivity index (χ0n) is 7.47. The third kappa shape index (κ3) is 2.57. The van der Waals surface area contributed by atoms with Crippen molar-refractivity contribution in [2.75, 3.05) is 0 Å². The van der Waals surface area contributed by atoms with E-state index < -0.39 is 12.0 Å². The topological polar surface area (TPSA) is 67.7 Å².